The summed E-state index contributed by atoms with van der Waals surface area (Å²) in [6.45, 7) is 1.97. The van der Waals surface area contributed by atoms with Crippen molar-refractivity contribution in [3.63, 3.8) is 0 Å². The van der Waals surface area contributed by atoms with E-state index in [-0.39, 0.29) is 36.8 Å². The zero-order valence-corrected chi connectivity index (χ0v) is 15.5. The fourth-order valence-electron chi connectivity index (χ4n) is 3.57. The Hall–Kier alpha value is -0.750. The van der Waals surface area contributed by atoms with Crippen LogP contribution < -0.4 is 0 Å². The Labute approximate surface area is 151 Å². The number of hydrogen-bond donors (Lipinski definition) is 4. The lowest BCUT2D eigenvalue weighted by Crippen LogP contribution is -2.19. The first kappa shape index (κ1) is 22.3. The first-order valence-electron chi connectivity index (χ1n) is 9.81. The van der Waals surface area contributed by atoms with Crippen LogP contribution in [-0.4, -0.2) is 51.1 Å². The third kappa shape index (κ3) is 8.95. The highest BCUT2D eigenvalue weighted by Crippen LogP contribution is 2.34. The van der Waals surface area contributed by atoms with E-state index in [0.717, 1.165) is 44.9 Å². The Morgan fingerprint density at radius 3 is 2.44 bits per heavy atom. The van der Waals surface area contributed by atoms with Crippen LogP contribution in [0.5, 0.6) is 0 Å². The molecule has 1 rings (SSSR count). The third-order valence-electron chi connectivity index (χ3n) is 5.08. The summed E-state index contributed by atoms with van der Waals surface area (Å²) < 4.78 is 0. The van der Waals surface area contributed by atoms with Gasteiger partial charge in [0.05, 0.1) is 18.3 Å². The number of unbranched alkanes of at least 4 members (excludes halogenated alkanes) is 4. The number of aliphatic hydroxyl groups excluding tert-OH is 4. The van der Waals surface area contributed by atoms with E-state index in [1.165, 1.54) is 0 Å². The highest BCUT2D eigenvalue weighted by atomic mass is 16.3. The molecule has 0 amide bonds. The normalized spacial score (nSPS) is 26.4. The van der Waals surface area contributed by atoms with Gasteiger partial charge in [0, 0.05) is 24.9 Å². The van der Waals surface area contributed by atoms with Crippen molar-refractivity contribution in [2.75, 3.05) is 6.61 Å². The minimum Gasteiger partial charge on any atom is -0.396 e. The Morgan fingerprint density at radius 1 is 1.08 bits per heavy atom. The molecule has 1 aliphatic carbocycles. The van der Waals surface area contributed by atoms with E-state index in [2.05, 4.69) is 0 Å². The highest BCUT2D eigenvalue weighted by molar-refractivity contribution is 5.84. The standard InChI is InChI=1S/C20H36O5/c1-15(22)8-7-9-16(23)11-12-18-17(19(24)14-20(18)25)10-5-3-2-4-6-13-21/h11-12,15-18,20-23,25H,2-10,13-14H2,1H3/b12-11+/t15-,16-,17-,18-,20-/m1/s1. The molecule has 4 N–H and O–H groups in total. The van der Waals surface area contributed by atoms with Crippen molar-refractivity contribution in [3.05, 3.63) is 12.2 Å². The number of hydrogen-bond acceptors (Lipinski definition) is 5. The summed E-state index contributed by atoms with van der Waals surface area (Å²) in [7, 11) is 0. The maximum absolute atomic E-state index is 12.1. The first-order valence-corrected chi connectivity index (χ1v) is 9.81. The summed E-state index contributed by atoms with van der Waals surface area (Å²) >= 11 is 0. The van der Waals surface area contributed by atoms with Crippen LogP contribution in [0.4, 0.5) is 0 Å². The van der Waals surface area contributed by atoms with Crippen molar-refractivity contribution < 1.29 is 25.2 Å². The minimum atomic E-state index is -0.646. The summed E-state index contributed by atoms with van der Waals surface area (Å²) in [6.07, 6.45) is 9.79. The lowest BCUT2D eigenvalue weighted by molar-refractivity contribution is -0.121. The van der Waals surface area contributed by atoms with Crippen LogP contribution in [0, 0.1) is 11.8 Å². The third-order valence-corrected chi connectivity index (χ3v) is 5.08. The van der Waals surface area contributed by atoms with Gasteiger partial charge in [-0.1, -0.05) is 37.8 Å². The Balaban J connectivity index is 2.40. The van der Waals surface area contributed by atoms with Gasteiger partial charge in [-0.05, 0) is 39.0 Å². The molecule has 5 atom stereocenters. The Bertz CT molecular complexity index is 394. The van der Waals surface area contributed by atoms with Crippen LogP contribution in [0.1, 0.15) is 71.1 Å². The SMILES string of the molecule is C[C@@H](O)CCC[C@@H](O)/C=C/[C@H]1[C@H](O)CC(=O)[C@@H]1CCCCCCCO. The molecule has 0 radical (unpaired) electrons. The minimum absolute atomic E-state index is 0.126. The number of ketones is 1. The van der Waals surface area contributed by atoms with Crippen molar-refractivity contribution in [2.45, 2.75) is 89.4 Å². The predicted molar refractivity (Wildman–Crippen MR) is 98.1 cm³/mol. The average molecular weight is 357 g/mol. The molecule has 0 saturated heterocycles. The largest absolute Gasteiger partial charge is 0.396 e. The van der Waals surface area contributed by atoms with Gasteiger partial charge in [0.25, 0.3) is 0 Å². The number of carbonyl (C=O) groups is 1. The summed E-state index contributed by atoms with van der Waals surface area (Å²) in [5, 5.41) is 38.2. The molecule has 146 valence electrons. The quantitative estimate of drug-likeness (QED) is 0.300. The second-order valence-electron chi connectivity index (χ2n) is 7.43. The zero-order valence-electron chi connectivity index (χ0n) is 15.5. The fourth-order valence-corrected chi connectivity index (χ4v) is 3.57. The van der Waals surface area contributed by atoms with Gasteiger partial charge in [-0.25, -0.2) is 0 Å². The van der Waals surface area contributed by atoms with E-state index in [1.54, 1.807) is 13.0 Å². The van der Waals surface area contributed by atoms with Gasteiger partial charge < -0.3 is 20.4 Å². The van der Waals surface area contributed by atoms with Gasteiger partial charge in [0.2, 0.25) is 0 Å². The molecular formula is C20H36O5. The summed E-state index contributed by atoms with van der Waals surface area (Å²) in [4.78, 5) is 12.1. The molecule has 0 spiro atoms. The smallest absolute Gasteiger partial charge is 0.139 e. The second-order valence-corrected chi connectivity index (χ2v) is 7.43. The Kier molecular flexibility index (Phi) is 11.2. The molecule has 0 heterocycles. The molecule has 1 aliphatic rings. The van der Waals surface area contributed by atoms with Gasteiger partial charge in [0.1, 0.15) is 5.78 Å². The number of Topliss-reactive ketones (excluding diaryl/α,β-unsaturated/α-hetero) is 1. The molecule has 0 aromatic heterocycles. The molecule has 0 aromatic rings. The molecule has 5 nitrogen and oxygen atoms in total. The van der Waals surface area contributed by atoms with Crippen LogP contribution in [0.3, 0.4) is 0 Å². The highest BCUT2D eigenvalue weighted by Gasteiger charge is 2.39. The van der Waals surface area contributed by atoms with Gasteiger partial charge >= 0.3 is 0 Å². The van der Waals surface area contributed by atoms with Gasteiger partial charge in [-0.2, -0.15) is 0 Å². The molecule has 0 aliphatic heterocycles. The molecular weight excluding hydrogens is 320 g/mol. The van der Waals surface area contributed by atoms with Gasteiger partial charge in [0.15, 0.2) is 0 Å². The van der Waals surface area contributed by atoms with Crippen LogP contribution in [0.25, 0.3) is 0 Å². The zero-order chi connectivity index (χ0) is 18.7. The number of aliphatic hydroxyl groups is 4. The maximum Gasteiger partial charge on any atom is 0.139 e. The fraction of sp³-hybridized carbons (Fsp3) is 0.850. The van der Waals surface area contributed by atoms with Crippen molar-refractivity contribution in [3.8, 4) is 0 Å². The number of carbonyl (C=O) groups excluding carboxylic acids is 1. The second kappa shape index (κ2) is 12.6. The molecule has 0 aromatic carbocycles. The van der Waals surface area contributed by atoms with E-state index < -0.39 is 12.2 Å². The molecule has 0 unspecified atom stereocenters. The molecule has 1 saturated carbocycles. The lowest BCUT2D eigenvalue weighted by atomic mass is 9.88. The molecule has 25 heavy (non-hydrogen) atoms. The van der Waals surface area contributed by atoms with E-state index >= 15 is 0 Å². The molecule has 5 heteroatoms. The van der Waals surface area contributed by atoms with Crippen molar-refractivity contribution in [2.24, 2.45) is 11.8 Å². The van der Waals surface area contributed by atoms with E-state index in [9.17, 15) is 20.1 Å². The first-order chi connectivity index (χ1) is 12.0. The predicted octanol–water partition coefficient (Wildman–Crippen LogP) is 2.35. The van der Waals surface area contributed by atoms with E-state index in [0.29, 0.717) is 12.8 Å². The summed E-state index contributed by atoms with van der Waals surface area (Å²) in [6, 6.07) is 0. The molecule has 1 fully saturated rings. The van der Waals surface area contributed by atoms with E-state index in [4.69, 9.17) is 5.11 Å². The topological polar surface area (TPSA) is 98.0 Å². The monoisotopic (exact) mass is 356 g/mol. The van der Waals surface area contributed by atoms with E-state index in [1.807, 2.05) is 6.08 Å². The van der Waals surface area contributed by atoms with Gasteiger partial charge in [-0.3, -0.25) is 4.79 Å². The van der Waals surface area contributed by atoms with Crippen LogP contribution in [-0.2, 0) is 4.79 Å². The van der Waals surface area contributed by atoms with Crippen LogP contribution >= 0.6 is 0 Å². The maximum atomic E-state index is 12.1. The lowest BCUT2D eigenvalue weighted by Gasteiger charge is -2.18. The van der Waals surface area contributed by atoms with Crippen molar-refractivity contribution in [1.29, 1.82) is 0 Å². The van der Waals surface area contributed by atoms with Crippen LogP contribution in [0.2, 0.25) is 0 Å². The molecule has 0 bridgehead atoms. The van der Waals surface area contributed by atoms with Gasteiger partial charge in [-0.15, -0.1) is 0 Å². The number of rotatable bonds is 13. The summed E-state index contributed by atoms with van der Waals surface area (Å²) in [5.41, 5.74) is 0. The Morgan fingerprint density at radius 2 is 1.76 bits per heavy atom. The summed E-state index contributed by atoms with van der Waals surface area (Å²) in [5.74, 6) is -0.216. The van der Waals surface area contributed by atoms with Crippen molar-refractivity contribution >= 4 is 5.78 Å². The van der Waals surface area contributed by atoms with Crippen LogP contribution in [0.15, 0.2) is 12.2 Å². The van der Waals surface area contributed by atoms with Crippen molar-refractivity contribution in [1.82, 2.24) is 0 Å². The average Bonchev–Trinajstić information content (AvgIpc) is 2.81.